The molecule has 0 bridgehead atoms. The van der Waals surface area contributed by atoms with Gasteiger partial charge in [0.2, 0.25) is 53.2 Å². The van der Waals surface area contributed by atoms with Crippen LogP contribution in [0.15, 0.2) is 42.5 Å². The van der Waals surface area contributed by atoms with E-state index in [1.165, 1.54) is 6.92 Å². The Morgan fingerprint density at radius 1 is 0.538 bits per heavy atom. The molecule has 13 atom stereocenters. The Hall–Kier alpha value is -6.19. The second-order valence-electron chi connectivity index (χ2n) is 23.5. The van der Waals surface area contributed by atoms with E-state index < -0.39 is 71.7 Å². The maximum absolute atomic E-state index is 14.2. The highest BCUT2D eigenvalue weighted by Gasteiger charge is 2.42. The smallest absolute Gasteiger partial charge is 0.226 e. The molecule has 2 aliphatic carbocycles. The summed E-state index contributed by atoms with van der Waals surface area (Å²) in [7, 11) is 0. The maximum Gasteiger partial charge on any atom is 0.226 e. The highest BCUT2D eigenvalue weighted by atomic mass is 16.2. The topological polar surface area (TPSA) is 312 Å². The Morgan fingerprint density at radius 2 is 1.06 bits per heavy atom. The monoisotopic (exact) mass is 1080 g/mol. The van der Waals surface area contributed by atoms with Crippen molar-refractivity contribution in [2.24, 2.45) is 53.1 Å². The molecule has 21 heteroatoms. The molecule has 2 saturated carbocycles. The molecule has 21 nitrogen and oxygen atoms in total. The van der Waals surface area contributed by atoms with Crippen LogP contribution in [-0.2, 0) is 49.6 Å². The van der Waals surface area contributed by atoms with Crippen molar-refractivity contribution in [3.63, 3.8) is 0 Å². The molecule has 3 saturated heterocycles. The molecule has 5 fully saturated rings. The molecule has 13 N–H and O–H groups in total. The van der Waals surface area contributed by atoms with Crippen molar-refractivity contribution in [2.75, 3.05) is 45.8 Å². The lowest BCUT2D eigenvalue weighted by Gasteiger charge is -2.28. The lowest BCUT2D eigenvalue weighted by molar-refractivity contribution is -0.130. The van der Waals surface area contributed by atoms with Crippen molar-refractivity contribution in [3.8, 4) is 0 Å². The first-order chi connectivity index (χ1) is 37.3. The molecule has 2 aromatic carbocycles. The van der Waals surface area contributed by atoms with Gasteiger partial charge in [-0.05, 0) is 73.1 Å². The first-order valence-electron chi connectivity index (χ1n) is 28.6. The van der Waals surface area contributed by atoms with Gasteiger partial charge in [-0.3, -0.25) is 43.2 Å². The Bertz CT molecular complexity index is 2470. The third-order valence-corrected chi connectivity index (χ3v) is 16.4. The fourth-order valence-corrected chi connectivity index (χ4v) is 12.6. The van der Waals surface area contributed by atoms with Crippen molar-refractivity contribution in [1.82, 2.24) is 58.5 Å². The summed E-state index contributed by atoms with van der Waals surface area (Å²) in [4.78, 5) is 121. The largest absolute Gasteiger partial charge is 0.369 e. The molecule has 0 spiro atoms. The van der Waals surface area contributed by atoms with E-state index in [0.717, 1.165) is 35.6 Å². The quantitative estimate of drug-likeness (QED) is 0.0633. The Kier molecular flexibility index (Phi) is 21.4. The standard InChI is InChI=1S/C57H86N12O9/c1-31(2)19-36(24-62-54(75)40-15-9-18-46(40)66-50(71)22-37(20-32(3)4)64-55(76)41-16-10-17-45(41)63-33(5)70)53(74)68-48-29-61-27-44(48)57(78)69-49-30-60-26-43(49)56(77)65-38(21-35-13-8-12-34-11-6-7-14-39(34)35)23-51(72)67-47-28-59-25-42(47)52(58)73/h6-8,11-14,31-32,36-38,40-49,59-61H,9-10,15-30H2,1-5H3,(H2,58,73)(H,62,75)(H,63,70)(H,64,76)(H,65,77)(H,66,71)(H,67,72)(H,68,74)(H,69,78)/t36-,37-,38-,40?,41?,42?,43?,44?,45?,46?,47?,48?,49?/m0/s1. The van der Waals surface area contributed by atoms with Crippen molar-refractivity contribution in [1.29, 1.82) is 0 Å². The second kappa shape index (κ2) is 28.1. The Morgan fingerprint density at radius 3 is 1.71 bits per heavy atom. The Labute approximate surface area is 458 Å². The molecule has 3 aliphatic heterocycles. The fraction of sp³-hybridized carbons (Fsp3) is 0.667. The summed E-state index contributed by atoms with van der Waals surface area (Å²) in [5.41, 5.74) is 6.57. The number of carbonyl (C=O) groups excluding carboxylic acids is 9. The number of fused-ring (bicyclic) bond motifs is 1. The van der Waals surface area contributed by atoms with Crippen LogP contribution in [-0.4, -0.2) is 141 Å². The van der Waals surface area contributed by atoms with Gasteiger partial charge in [0.05, 0.1) is 53.6 Å². The molecular formula is C57H86N12O9. The number of hydrogen-bond acceptors (Lipinski definition) is 12. The SMILES string of the molecule is CC(=O)NC1CCCC1C(=O)N[C@H](CC(=O)NC1CCCC1C(=O)NC[C@H](CC(C)C)C(=O)NC1CNCC1C(=O)NC1CNCC1C(=O)N[C@H](CC(=O)NC1CNCC1C(N)=O)Cc1cccc2ccccc12)CC(C)C. The summed E-state index contributed by atoms with van der Waals surface area (Å²) in [6.45, 7) is 11.6. The molecule has 5 aliphatic rings. The Balaban J connectivity index is 0.918. The summed E-state index contributed by atoms with van der Waals surface area (Å²) >= 11 is 0. The van der Waals surface area contributed by atoms with Crippen LogP contribution in [0.4, 0.5) is 0 Å². The minimum absolute atomic E-state index is 0.0576. The van der Waals surface area contributed by atoms with Crippen LogP contribution in [0.2, 0.25) is 0 Å². The number of carbonyl (C=O) groups is 9. The van der Waals surface area contributed by atoms with Gasteiger partial charge in [0.25, 0.3) is 0 Å². The van der Waals surface area contributed by atoms with E-state index in [4.69, 9.17) is 5.73 Å². The zero-order valence-electron chi connectivity index (χ0n) is 46.2. The van der Waals surface area contributed by atoms with Crippen molar-refractivity contribution in [3.05, 3.63) is 48.0 Å². The van der Waals surface area contributed by atoms with Crippen LogP contribution < -0.4 is 64.2 Å². The lowest BCUT2D eigenvalue weighted by Crippen LogP contribution is -2.54. The number of hydrogen-bond donors (Lipinski definition) is 12. The van der Waals surface area contributed by atoms with Gasteiger partial charge in [0, 0.05) is 89.7 Å². The van der Waals surface area contributed by atoms with Crippen molar-refractivity contribution >= 4 is 63.9 Å². The van der Waals surface area contributed by atoms with Crippen LogP contribution in [0.25, 0.3) is 10.8 Å². The molecule has 9 amide bonds. The number of nitrogens with one attached hydrogen (secondary N) is 11. The van der Waals surface area contributed by atoms with Crippen LogP contribution in [0.1, 0.15) is 104 Å². The van der Waals surface area contributed by atoms with E-state index in [1.54, 1.807) is 0 Å². The third kappa shape index (κ3) is 16.4. The molecule has 78 heavy (non-hydrogen) atoms. The van der Waals surface area contributed by atoms with E-state index in [9.17, 15) is 43.2 Å². The highest BCUT2D eigenvalue weighted by Crippen LogP contribution is 2.29. The normalized spacial score (nSPS) is 26.9. The predicted molar refractivity (Wildman–Crippen MR) is 294 cm³/mol. The van der Waals surface area contributed by atoms with Gasteiger partial charge in [-0.1, -0.05) is 83.0 Å². The number of nitrogens with two attached hydrogens (primary N) is 1. The van der Waals surface area contributed by atoms with Crippen molar-refractivity contribution < 1.29 is 43.2 Å². The lowest BCUT2D eigenvalue weighted by atomic mass is 9.93. The average Bonchev–Trinajstić information content (AvgIpc) is 4.28. The molecule has 0 radical (unpaired) electrons. The van der Waals surface area contributed by atoms with Crippen LogP contribution >= 0.6 is 0 Å². The summed E-state index contributed by atoms with van der Waals surface area (Å²) in [5, 5.41) is 36.0. The van der Waals surface area contributed by atoms with Crippen molar-refractivity contribution in [2.45, 2.75) is 148 Å². The minimum Gasteiger partial charge on any atom is -0.369 e. The average molecular weight is 1080 g/mol. The number of primary amides is 1. The van der Waals surface area contributed by atoms with Gasteiger partial charge in [0.15, 0.2) is 0 Å². The molecule has 0 aromatic heterocycles. The third-order valence-electron chi connectivity index (χ3n) is 16.4. The van der Waals surface area contributed by atoms with Gasteiger partial charge < -0.3 is 64.2 Å². The van der Waals surface area contributed by atoms with E-state index in [1.807, 2.05) is 70.2 Å². The second-order valence-corrected chi connectivity index (χ2v) is 23.5. The summed E-state index contributed by atoms with van der Waals surface area (Å²) in [6, 6.07) is 10.5. The number of amides is 9. The molecule has 10 unspecified atom stereocenters. The van der Waals surface area contributed by atoms with Crippen LogP contribution in [0.5, 0.6) is 0 Å². The minimum atomic E-state index is -0.665. The van der Waals surface area contributed by atoms with Gasteiger partial charge in [-0.2, -0.15) is 0 Å². The molecule has 7 rings (SSSR count). The highest BCUT2D eigenvalue weighted by molar-refractivity contribution is 5.89. The van der Waals surface area contributed by atoms with Gasteiger partial charge in [-0.15, -0.1) is 0 Å². The molecule has 2 aromatic rings. The van der Waals surface area contributed by atoms with Crippen LogP contribution in [0.3, 0.4) is 0 Å². The summed E-state index contributed by atoms with van der Waals surface area (Å²) in [5.74, 6) is -5.61. The first kappa shape index (κ1) is 59.5. The van der Waals surface area contributed by atoms with Gasteiger partial charge in [-0.25, -0.2) is 0 Å². The van der Waals surface area contributed by atoms with Gasteiger partial charge in [0.1, 0.15) is 0 Å². The maximum atomic E-state index is 14.2. The molecular weight excluding hydrogens is 997 g/mol. The number of rotatable bonds is 25. The number of benzene rings is 2. The zero-order valence-corrected chi connectivity index (χ0v) is 46.2. The first-order valence-corrected chi connectivity index (χ1v) is 28.6. The van der Waals surface area contributed by atoms with E-state index in [0.29, 0.717) is 77.8 Å². The fourth-order valence-electron chi connectivity index (χ4n) is 12.6. The summed E-state index contributed by atoms with van der Waals surface area (Å²) < 4.78 is 0. The van der Waals surface area contributed by atoms with Crippen LogP contribution in [0, 0.1) is 47.3 Å². The van der Waals surface area contributed by atoms with E-state index in [2.05, 4.69) is 58.5 Å². The summed E-state index contributed by atoms with van der Waals surface area (Å²) in [6.07, 6.45) is 5.57. The predicted octanol–water partition coefficient (Wildman–Crippen LogP) is 0.144. The van der Waals surface area contributed by atoms with E-state index in [-0.39, 0.29) is 90.4 Å². The molecule has 3 heterocycles. The van der Waals surface area contributed by atoms with Gasteiger partial charge >= 0.3 is 0 Å². The zero-order chi connectivity index (χ0) is 56.0. The molecule has 428 valence electrons. The van der Waals surface area contributed by atoms with E-state index >= 15 is 0 Å².